The van der Waals surface area contributed by atoms with Gasteiger partial charge in [0.2, 0.25) is 0 Å². The van der Waals surface area contributed by atoms with E-state index in [1.807, 2.05) is 0 Å². The van der Waals surface area contributed by atoms with Crippen LogP contribution in [0.3, 0.4) is 0 Å². The number of anilines is 1. The van der Waals surface area contributed by atoms with E-state index < -0.39 is 49.7 Å². The first-order valence-electron chi connectivity index (χ1n) is 10.8. The zero-order chi connectivity index (χ0) is 29.0. The fraction of sp³-hybridized carbons (Fsp3) is 0.167. The number of nitrogens with zero attached hydrogens (tertiary/aromatic N) is 3. The van der Waals surface area contributed by atoms with E-state index in [1.54, 1.807) is 0 Å². The molecular weight excluding hydrogens is 565 g/mol. The van der Waals surface area contributed by atoms with Crippen LogP contribution in [0.15, 0.2) is 70.7 Å². The molecule has 10 nitrogen and oxygen atoms in total. The summed E-state index contributed by atoms with van der Waals surface area (Å²) in [7, 11) is -3.36. The van der Waals surface area contributed by atoms with Crippen LogP contribution >= 0.6 is 11.6 Å². The van der Waals surface area contributed by atoms with Crippen LogP contribution in [0.4, 0.5) is 24.5 Å². The van der Waals surface area contributed by atoms with Gasteiger partial charge in [-0.2, -0.15) is 18.3 Å². The van der Waals surface area contributed by atoms with E-state index in [2.05, 4.69) is 10.5 Å². The number of hydrazone groups is 1. The molecule has 0 bridgehead atoms. The van der Waals surface area contributed by atoms with Gasteiger partial charge in [-0.25, -0.2) is 13.8 Å². The Morgan fingerprint density at radius 3 is 2.54 bits per heavy atom. The van der Waals surface area contributed by atoms with Crippen LogP contribution in [0.5, 0.6) is 5.75 Å². The molecule has 3 rings (SSSR count). The van der Waals surface area contributed by atoms with Crippen molar-refractivity contribution >= 4 is 45.1 Å². The highest BCUT2D eigenvalue weighted by Gasteiger charge is 2.32. The summed E-state index contributed by atoms with van der Waals surface area (Å²) in [4.78, 5) is 22.9. The highest BCUT2D eigenvalue weighted by Crippen LogP contribution is 2.35. The fourth-order valence-electron chi connectivity index (χ4n) is 3.37. The van der Waals surface area contributed by atoms with Crippen molar-refractivity contribution in [1.29, 1.82) is 0 Å². The lowest BCUT2D eigenvalue weighted by atomic mass is 10.1. The second-order valence-corrected chi connectivity index (χ2v) is 10.2. The lowest BCUT2D eigenvalue weighted by Gasteiger charge is -2.25. The van der Waals surface area contributed by atoms with Gasteiger partial charge in [0.1, 0.15) is 12.3 Å². The quantitative estimate of drug-likeness (QED) is 0.216. The molecule has 39 heavy (non-hydrogen) atoms. The van der Waals surface area contributed by atoms with Crippen LogP contribution in [0.25, 0.3) is 0 Å². The van der Waals surface area contributed by atoms with Gasteiger partial charge in [0.05, 0.1) is 34.4 Å². The molecule has 0 radical (unpaired) electrons. The molecule has 15 heteroatoms. The van der Waals surface area contributed by atoms with Gasteiger partial charge in [-0.05, 0) is 48.9 Å². The number of carbonyl (C=O) groups is 1. The van der Waals surface area contributed by atoms with Crippen molar-refractivity contribution in [3.8, 4) is 5.75 Å². The molecule has 0 heterocycles. The van der Waals surface area contributed by atoms with E-state index in [0.717, 1.165) is 36.5 Å². The molecule has 3 aromatic rings. The molecule has 0 atom stereocenters. The number of amides is 1. The predicted octanol–water partition coefficient (Wildman–Crippen LogP) is 4.93. The Bertz CT molecular complexity index is 1550. The van der Waals surface area contributed by atoms with Crippen LogP contribution in [-0.4, -0.2) is 39.1 Å². The molecule has 3 aromatic carbocycles. The third kappa shape index (κ3) is 7.03. The molecule has 0 aromatic heterocycles. The molecule has 0 aliphatic carbocycles. The van der Waals surface area contributed by atoms with Crippen molar-refractivity contribution < 1.29 is 36.0 Å². The number of benzene rings is 3. The molecule has 0 spiro atoms. The van der Waals surface area contributed by atoms with Gasteiger partial charge in [-0.1, -0.05) is 29.8 Å². The number of sulfonamides is 1. The van der Waals surface area contributed by atoms with Crippen molar-refractivity contribution in [3.05, 3.63) is 92.5 Å². The predicted molar refractivity (Wildman–Crippen MR) is 138 cm³/mol. The number of halogens is 4. The van der Waals surface area contributed by atoms with Gasteiger partial charge in [-0.3, -0.25) is 19.2 Å². The van der Waals surface area contributed by atoms with Gasteiger partial charge in [-0.15, -0.1) is 0 Å². The van der Waals surface area contributed by atoms with Crippen LogP contribution in [0, 0.1) is 17.0 Å². The van der Waals surface area contributed by atoms with Gasteiger partial charge in [0.15, 0.2) is 0 Å². The maximum absolute atomic E-state index is 13.6. The zero-order valence-corrected chi connectivity index (χ0v) is 21.8. The average Bonchev–Trinajstić information content (AvgIpc) is 2.87. The summed E-state index contributed by atoms with van der Waals surface area (Å²) in [6, 6.07) is 11.4. The van der Waals surface area contributed by atoms with Crippen molar-refractivity contribution in [2.75, 3.05) is 18.0 Å². The first-order valence-corrected chi connectivity index (χ1v) is 12.7. The number of carbonyl (C=O) groups excluding carboxylic acids is 1. The third-order valence-electron chi connectivity index (χ3n) is 5.28. The highest BCUT2D eigenvalue weighted by atomic mass is 35.5. The van der Waals surface area contributed by atoms with Crippen molar-refractivity contribution in [2.24, 2.45) is 5.10 Å². The molecule has 0 aliphatic heterocycles. The maximum atomic E-state index is 13.6. The Balaban J connectivity index is 1.97. The molecule has 0 unspecified atom stereocenters. The number of rotatable bonds is 9. The molecule has 0 saturated carbocycles. The van der Waals surface area contributed by atoms with Crippen LogP contribution in [0.2, 0.25) is 5.02 Å². The SMILES string of the molecule is COc1ccc(Cl)cc1N(CC(=O)N/N=C\c1cccc(C(F)(F)F)c1)S(=O)(=O)c1ccc(C)c([N+](=O)[O-])c1. The second kappa shape index (κ2) is 11.7. The number of nitro benzene ring substituents is 1. The summed E-state index contributed by atoms with van der Waals surface area (Å²) in [5, 5.41) is 15.1. The summed E-state index contributed by atoms with van der Waals surface area (Å²) in [6.45, 7) is 0.544. The van der Waals surface area contributed by atoms with Crippen LogP contribution < -0.4 is 14.5 Å². The standard InChI is InChI=1S/C24H20ClF3N4O6S/c1-15-6-8-19(12-20(15)32(34)35)39(36,37)31(21-11-18(25)7-9-22(21)38-2)14-23(33)30-29-13-16-4-3-5-17(10-16)24(26,27)28/h3-13H,14H2,1-2H3,(H,30,33)/b29-13-. The van der Waals surface area contributed by atoms with Crippen molar-refractivity contribution in [1.82, 2.24) is 5.43 Å². The molecule has 0 aliphatic rings. The summed E-state index contributed by atoms with van der Waals surface area (Å²) in [6.07, 6.45) is -3.63. The monoisotopic (exact) mass is 584 g/mol. The Labute approximate surface area is 225 Å². The molecule has 206 valence electrons. The van der Waals surface area contributed by atoms with Gasteiger partial charge in [0, 0.05) is 16.7 Å². The normalized spacial score (nSPS) is 11.8. The van der Waals surface area contributed by atoms with E-state index >= 15 is 0 Å². The van der Waals surface area contributed by atoms with E-state index in [0.29, 0.717) is 4.31 Å². The Morgan fingerprint density at radius 1 is 1.18 bits per heavy atom. The summed E-state index contributed by atoms with van der Waals surface area (Å²) < 4.78 is 71.9. The topological polar surface area (TPSA) is 131 Å². The van der Waals surface area contributed by atoms with E-state index in [1.165, 1.54) is 44.4 Å². The number of ether oxygens (including phenoxy) is 1. The van der Waals surface area contributed by atoms with Crippen molar-refractivity contribution in [3.63, 3.8) is 0 Å². The average molecular weight is 585 g/mol. The minimum Gasteiger partial charge on any atom is -0.495 e. The van der Waals surface area contributed by atoms with Crippen LogP contribution in [-0.2, 0) is 21.0 Å². The van der Waals surface area contributed by atoms with E-state index in [9.17, 15) is 36.5 Å². The first-order chi connectivity index (χ1) is 18.2. The molecule has 1 N–H and O–H groups in total. The van der Waals surface area contributed by atoms with Gasteiger partial charge in [0.25, 0.3) is 21.6 Å². The van der Waals surface area contributed by atoms with Crippen LogP contribution in [0.1, 0.15) is 16.7 Å². The minimum absolute atomic E-state index is 0.0184. The number of alkyl halides is 3. The zero-order valence-electron chi connectivity index (χ0n) is 20.3. The lowest BCUT2D eigenvalue weighted by Crippen LogP contribution is -2.39. The van der Waals surface area contributed by atoms with Crippen molar-refractivity contribution in [2.45, 2.75) is 18.0 Å². The number of methoxy groups -OCH3 is 1. The molecular formula is C24H20ClF3N4O6S. The molecule has 1 amide bonds. The molecule has 0 fully saturated rings. The number of nitrogens with one attached hydrogen (secondary N) is 1. The Hall–Kier alpha value is -4.17. The van der Waals surface area contributed by atoms with E-state index in [4.69, 9.17) is 16.3 Å². The molecule has 0 saturated heterocycles. The Kier molecular flexibility index (Phi) is 8.81. The summed E-state index contributed by atoms with van der Waals surface area (Å²) in [5.74, 6) is -0.963. The first kappa shape index (κ1) is 29.4. The summed E-state index contributed by atoms with van der Waals surface area (Å²) >= 11 is 6.06. The third-order valence-corrected chi connectivity index (χ3v) is 7.27. The minimum atomic E-state index is -4.62. The number of aryl methyl sites for hydroxylation is 1. The maximum Gasteiger partial charge on any atom is 0.416 e. The second-order valence-electron chi connectivity index (χ2n) is 7.95. The van der Waals surface area contributed by atoms with E-state index in [-0.39, 0.29) is 27.6 Å². The van der Waals surface area contributed by atoms with Gasteiger partial charge < -0.3 is 4.74 Å². The highest BCUT2D eigenvalue weighted by molar-refractivity contribution is 7.92. The number of hydrogen-bond donors (Lipinski definition) is 1. The smallest absolute Gasteiger partial charge is 0.416 e. The number of hydrogen-bond acceptors (Lipinski definition) is 7. The Morgan fingerprint density at radius 2 is 1.90 bits per heavy atom. The van der Waals surface area contributed by atoms with Gasteiger partial charge >= 0.3 is 6.18 Å². The summed E-state index contributed by atoms with van der Waals surface area (Å²) in [5.41, 5.74) is 0.783. The largest absolute Gasteiger partial charge is 0.495 e. The lowest BCUT2D eigenvalue weighted by molar-refractivity contribution is -0.385. The fourth-order valence-corrected chi connectivity index (χ4v) is 4.98. The number of nitro groups is 1.